The predicted molar refractivity (Wildman–Crippen MR) is 127 cm³/mol. The van der Waals surface area contributed by atoms with Crippen LogP contribution in [-0.2, 0) is 11.3 Å². The highest BCUT2D eigenvalue weighted by atomic mass is 127. The summed E-state index contributed by atoms with van der Waals surface area (Å²) in [5.41, 5.74) is 1.52. The smallest absolute Gasteiger partial charge is 0.387 e. The molecule has 0 radical (unpaired) electrons. The summed E-state index contributed by atoms with van der Waals surface area (Å²) in [6.45, 7) is -1.38. The van der Waals surface area contributed by atoms with Gasteiger partial charge in [-0.2, -0.15) is 8.78 Å². The van der Waals surface area contributed by atoms with Crippen LogP contribution in [-0.4, -0.2) is 47.1 Å². The second-order valence-electron chi connectivity index (χ2n) is 6.14. The van der Waals surface area contributed by atoms with Gasteiger partial charge in [0.1, 0.15) is 5.75 Å². The standard InChI is InChI=1S/C21H27F2N3O4.HI/c1-24-21(26-16-6-4-7-17(13-16)29-11-5-10-27-2)25-14-15-8-9-18(28-3)19(12-15)30-20(22)23;/h4,6-9,12-13,20H,5,10-11,14H2,1-3H3,(H2,24,25,26);1H. The van der Waals surface area contributed by atoms with E-state index in [1.165, 1.54) is 13.2 Å². The minimum Gasteiger partial charge on any atom is -0.493 e. The molecule has 0 saturated heterocycles. The van der Waals surface area contributed by atoms with Gasteiger partial charge in [-0.15, -0.1) is 24.0 Å². The lowest BCUT2D eigenvalue weighted by atomic mass is 10.2. The summed E-state index contributed by atoms with van der Waals surface area (Å²) in [7, 11) is 4.69. The zero-order chi connectivity index (χ0) is 21.8. The molecule has 2 N–H and O–H groups in total. The molecular weight excluding hydrogens is 523 g/mol. The number of anilines is 1. The van der Waals surface area contributed by atoms with Gasteiger partial charge in [-0.1, -0.05) is 12.1 Å². The first-order valence-electron chi connectivity index (χ1n) is 9.37. The van der Waals surface area contributed by atoms with E-state index in [4.69, 9.17) is 14.2 Å². The van der Waals surface area contributed by atoms with Gasteiger partial charge in [-0.3, -0.25) is 4.99 Å². The van der Waals surface area contributed by atoms with Crippen LogP contribution in [0.1, 0.15) is 12.0 Å². The van der Waals surface area contributed by atoms with Crippen molar-refractivity contribution in [3.05, 3.63) is 48.0 Å². The molecule has 0 atom stereocenters. The zero-order valence-electron chi connectivity index (χ0n) is 17.7. The summed E-state index contributed by atoms with van der Waals surface area (Å²) in [5.74, 6) is 1.46. The molecule has 0 bridgehead atoms. The van der Waals surface area contributed by atoms with Crippen LogP contribution in [0.5, 0.6) is 17.2 Å². The summed E-state index contributed by atoms with van der Waals surface area (Å²) in [5, 5.41) is 6.30. The van der Waals surface area contributed by atoms with Crippen LogP contribution < -0.4 is 24.8 Å². The molecule has 0 unspecified atom stereocenters. The third-order valence-corrected chi connectivity index (χ3v) is 3.99. The third kappa shape index (κ3) is 9.55. The third-order valence-electron chi connectivity index (χ3n) is 3.99. The number of benzene rings is 2. The molecule has 0 aromatic heterocycles. The maximum atomic E-state index is 12.6. The average Bonchev–Trinajstić information content (AvgIpc) is 2.74. The van der Waals surface area contributed by atoms with Crippen molar-refractivity contribution in [2.45, 2.75) is 19.6 Å². The highest BCUT2D eigenvalue weighted by Gasteiger charge is 2.11. The van der Waals surface area contributed by atoms with Crippen LogP contribution in [0.4, 0.5) is 14.5 Å². The Hall–Kier alpha value is -2.34. The lowest BCUT2D eigenvalue weighted by Crippen LogP contribution is -2.30. The van der Waals surface area contributed by atoms with Crippen LogP contribution in [0.3, 0.4) is 0 Å². The van der Waals surface area contributed by atoms with Crippen molar-refractivity contribution >= 4 is 35.6 Å². The van der Waals surface area contributed by atoms with E-state index in [2.05, 4.69) is 20.4 Å². The first-order valence-corrected chi connectivity index (χ1v) is 9.37. The van der Waals surface area contributed by atoms with Crippen molar-refractivity contribution in [2.75, 3.05) is 39.8 Å². The molecule has 0 aliphatic heterocycles. The number of hydrogen-bond donors (Lipinski definition) is 2. The summed E-state index contributed by atoms with van der Waals surface area (Å²) in [6.07, 6.45) is 0.802. The van der Waals surface area contributed by atoms with E-state index >= 15 is 0 Å². The Morgan fingerprint density at radius 2 is 1.87 bits per heavy atom. The normalized spacial score (nSPS) is 11.0. The van der Waals surface area contributed by atoms with Crippen LogP contribution in [0.2, 0.25) is 0 Å². The number of nitrogens with zero attached hydrogens (tertiary/aromatic N) is 1. The maximum Gasteiger partial charge on any atom is 0.387 e. The molecule has 0 saturated carbocycles. The van der Waals surface area contributed by atoms with E-state index in [-0.39, 0.29) is 35.5 Å². The summed E-state index contributed by atoms with van der Waals surface area (Å²) in [6, 6.07) is 12.3. The lowest BCUT2D eigenvalue weighted by molar-refractivity contribution is -0.0512. The Bertz CT molecular complexity index is 825. The molecular formula is C21H28F2IN3O4. The van der Waals surface area contributed by atoms with E-state index in [1.54, 1.807) is 26.3 Å². The number of hydrogen-bond acceptors (Lipinski definition) is 5. The Morgan fingerprint density at radius 1 is 1.06 bits per heavy atom. The zero-order valence-corrected chi connectivity index (χ0v) is 20.0. The number of rotatable bonds is 11. The van der Waals surface area contributed by atoms with Gasteiger partial charge in [-0.05, 0) is 29.8 Å². The summed E-state index contributed by atoms with van der Waals surface area (Å²) >= 11 is 0. The van der Waals surface area contributed by atoms with Gasteiger partial charge in [0, 0.05) is 45.5 Å². The fourth-order valence-electron chi connectivity index (χ4n) is 2.58. The SMILES string of the molecule is CN=C(NCc1ccc(OC)c(OC(F)F)c1)Nc1cccc(OCCCOC)c1.I. The van der Waals surface area contributed by atoms with Crippen molar-refractivity contribution in [3.8, 4) is 17.2 Å². The monoisotopic (exact) mass is 551 g/mol. The van der Waals surface area contributed by atoms with Crippen LogP contribution >= 0.6 is 24.0 Å². The number of guanidine groups is 1. The number of nitrogens with one attached hydrogen (secondary N) is 2. The van der Waals surface area contributed by atoms with Crippen LogP contribution in [0.15, 0.2) is 47.5 Å². The highest BCUT2D eigenvalue weighted by Crippen LogP contribution is 2.29. The molecule has 0 heterocycles. The Balaban J connectivity index is 0.00000480. The Morgan fingerprint density at radius 3 is 2.55 bits per heavy atom. The highest BCUT2D eigenvalue weighted by molar-refractivity contribution is 14.0. The van der Waals surface area contributed by atoms with Crippen molar-refractivity contribution in [3.63, 3.8) is 0 Å². The predicted octanol–water partition coefficient (Wildman–Crippen LogP) is 4.52. The van der Waals surface area contributed by atoms with Crippen molar-refractivity contribution in [1.82, 2.24) is 5.32 Å². The molecule has 0 spiro atoms. The fraction of sp³-hybridized carbons (Fsp3) is 0.381. The van der Waals surface area contributed by atoms with Crippen molar-refractivity contribution in [1.29, 1.82) is 0 Å². The molecule has 2 aromatic rings. The molecule has 0 amide bonds. The summed E-state index contributed by atoms with van der Waals surface area (Å²) < 4.78 is 45.4. The minimum atomic E-state index is -2.93. The van der Waals surface area contributed by atoms with Crippen molar-refractivity contribution in [2.24, 2.45) is 4.99 Å². The average molecular weight is 551 g/mol. The minimum absolute atomic E-state index is 0. The van der Waals surface area contributed by atoms with Gasteiger partial charge in [-0.25, -0.2) is 0 Å². The topological polar surface area (TPSA) is 73.3 Å². The van der Waals surface area contributed by atoms with Crippen molar-refractivity contribution < 1.29 is 27.7 Å². The second-order valence-corrected chi connectivity index (χ2v) is 6.14. The molecule has 10 heteroatoms. The molecule has 0 aliphatic rings. The number of aliphatic imine (C=N–C) groups is 1. The molecule has 31 heavy (non-hydrogen) atoms. The van der Waals surface area contributed by atoms with Gasteiger partial charge < -0.3 is 29.6 Å². The van der Waals surface area contributed by atoms with Gasteiger partial charge in [0.15, 0.2) is 17.5 Å². The maximum absolute atomic E-state index is 12.6. The lowest BCUT2D eigenvalue weighted by Gasteiger charge is -2.15. The first kappa shape index (κ1) is 26.7. The van der Waals surface area contributed by atoms with Crippen LogP contribution in [0.25, 0.3) is 0 Å². The molecule has 0 fully saturated rings. The molecule has 7 nitrogen and oxygen atoms in total. The second kappa shape index (κ2) is 14.6. The largest absolute Gasteiger partial charge is 0.493 e. The molecule has 172 valence electrons. The number of halogens is 3. The first-order chi connectivity index (χ1) is 14.5. The van der Waals surface area contributed by atoms with E-state index in [1.807, 2.05) is 24.3 Å². The summed E-state index contributed by atoms with van der Waals surface area (Å²) in [4.78, 5) is 4.18. The van der Waals surface area contributed by atoms with E-state index in [0.717, 1.165) is 23.4 Å². The van der Waals surface area contributed by atoms with Gasteiger partial charge in [0.2, 0.25) is 0 Å². The van der Waals surface area contributed by atoms with E-state index < -0.39 is 6.61 Å². The Labute approximate surface area is 198 Å². The molecule has 2 aromatic carbocycles. The Kier molecular flexibility index (Phi) is 12.6. The van der Waals surface area contributed by atoms with Gasteiger partial charge in [0.25, 0.3) is 0 Å². The van der Waals surface area contributed by atoms with Gasteiger partial charge >= 0.3 is 6.61 Å². The number of methoxy groups -OCH3 is 2. The number of ether oxygens (including phenoxy) is 4. The van der Waals surface area contributed by atoms with Crippen LogP contribution in [0, 0.1) is 0 Å². The van der Waals surface area contributed by atoms with Gasteiger partial charge in [0.05, 0.1) is 13.7 Å². The molecule has 2 rings (SSSR count). The van der Waals surface area contributed by atoms with E-state index in [0.29, 0.717) is 25.7 Å². The van der Waals surface area contributed by atoms with E-state index in [9.17, 15) is 8.78 Å². The molecule has 0 aliphatic carbocycles. The fourth-order valence-corrected chi connectivity index (χ4v) is 2.58. The number of alkyl halides is 2. The quantitative estimate of drug-likeness (QED) is 0.185.